The molecule has 1 aliphatic rings. The van der Waals surface area contributed by atoms with Crippen molar-refractivity contribution in [3.8, 4) is 11.3 Å². The SMILES string of the molecule is NC1CCN(c2nc(-c3ccncc3)cc3cnccc23)CC1. The third kappa shape index (κ3) is 2.75. The molecular weight excluding hydrogens is 286 g/mol. The molecule has 2 N–H and O–H groups in total. The van der Waals surface area contributed by atoms with Gasteiger partial charge in [0.05, 0.1) is 5.69 Å². The molecule has 0 atom stereocenters. The molecule has 1 aliphatic heterocycles. The summed E-state index contributed by atoms with van der Waals surface area (Å²) in [5.41, 5.74) is 8.07. The zero-order valence-electron chi connectivity index (χ0n) is 12.9. The molecule has 3 aromatic rings. The quantitative estimate of drug-likeness (QED) is 0.788. The summed E-state index contributed by atoms with van der Waals surface area (Å²) in [6, 6.07) is 8.42. The van der Waals surface area contributed by atoms with Gasteiger partial charge in [0.25, 0.3) is 0 Å². The fourth-order valence-electron chi connectivity index (χ4n) is 3.10. The van der Waals surface area contributed by atoms with Crippen LogP contribution in [0.1, 0.15) is 12.8 Å². The zero-order chi connectivity index (χ0) is 15.6. The fourth-order valence-corrected chi connectivity index (χ4v) is 3.10. The second-order valence-electron chi connectivity index (χ2n) is 5.99. The van der Waals surface area contributed by atoms with Crippen molar-refractivity contribution in [2.24, 2.45) is 5.73 Å². The summed E-state index contributed by atoms with van der Waals surface area (Å²) >= 11 is 0. The Balaban J connectivity index is 1.84. The van der Waals surface area contributed by atoms with Crippen molar-refractivity contribution < 1.29 is 0 Å². The van der Waals surface area contributed by atoms with E-state index >= 15 is 0 Å². The van der Waals surface area contributed by atoms with Gasteiger partial charge >= 0.3 is 0 Å². The predicted molar refractivity (Wildman–Crippen MR) is 92.2 cm³/mol. The molecule has 0 unspecified atom stereocenters. The number of pyridine rings is 3. The fraction of sp³-hybridized carbons (Fsp3) is 0.278. The van der Waals surface area contributed by atoms with E-state index in [1.165, 1.54) is 0 Å². The van der Waals surface area contributed by atoms with Crippen molar-refractivity contribution in [1.82, 2.24) is 15.0 Å². The first-order chi connectivity index (χ1) is 11.3. The second kappa shape index (κ2) is 5.93. The largest absolute Gasteiger partial charge is 0.356 e. The molecule has 0 saturated carbocycles. The normalized spacial score (nSPS) is 16.0. The number of fused-ring (bicyclic) bond motifs is 1. The highest BCUT2D eigenvalue weighted by Crippen LogP contribution is 2.30. The van der Waals surface area contributed by atoms with Crippen LogP contribution < -0.4 is 10.6 Å². The topological polar surface area (TPSA) is 67.9 Å². The molecule has 0 bridgehead atoms. The summed E-state index contributed by atoms with van der Waals surface area (Å²) in [6.07, 6.45) is 9.34. The Kier molecular flexibility index (Phi) is 3.63. The van der Waals surface area contributed by atoms with Crippen LogP contribution in [0.5, 0.6) is 0 Å². The van der Waals surface area contributed by atoms with Gasteiger partial charge in [-0.15, -0.1) is 0 Å². The Morgan fingerprint density at radius 1 is 1.00 bits per heavy atom. The Labute approximate surface area is 135 Å². The molecule has 116 valence electrons. The summed E-state index contributed by atoms with van der Waals surface area (Å²) in [5.74, 6) is 1.03. The lowest BCUT2D eigenvalue weighted by molar-refractivity contribution is 0.499. The molecule has 3 aromatic heterocycles. The van der Waals surface area contributed by atoms with Crippen molar-refractivity contribution in [2.45, 2.75) is 18.9 Å². The first-order valence-corrected chi connectivity index (χ1v) is 7.97. The second-order valence-corrected chi connectivity index (χ2v) is 5.99. The van der Waals surface area contributed by atoms with Crippen LogP contribution in [0, 0.1) is 0 Å². The number of rotatable bonds is 2. The maximum Gasteiger partial charge on any atom is 0.137 e. The average Bonchev–Trinajstić information content (AvgIpc) is 2.62. The van der Waals surface area contributed by atoms with Crippen LogP contribution in [0.4, 0.5) is 5.82 Å². The Hall–Kier alpha value is -2.53. The summed E-state index contributed by atoms with van der Waals surface area (Å²) in [5, 5.41) is 2.26. The third-order valence-corrected chi connectivity index (χ3v) is 4.43. The Morgan fingerprint density at radius 3 is 2.52 bits per heavy atom. The van der Waals surface area contributed by atoms with Crippen molar-refractivity contribution in [3.05, 3.63) is 49.1 Å². The number of aromatic nitrogens is 3. The first-order valence-electron chi connectivity index (χ1n) is 7.97. The van der Waals surface area contributed by atoms with E-state index in [2.05, 4.69) is 20.9 Å². The number of nitrogens with two attached hydrogens (primary N) is 1. The molecule has 5 heteroatoms. The predicted octanol–water partition coefficient (Wildman–Crippen LogP) is 2.62. The highest BCUT2D eigenvalue weighted by molar-refractivity contribution is 5.94. The lowest BCUT2D eigenvalue weighted by atomic mass is 10.0. The van der Waals surface area contributed by atoms with Gasteiger partial charge in [-0.3, -0.25) is 9.97 Å². The van der Waals surface area contributed by atoms with Gasteiger partial charge < -0.3 is 10.6 Å². The zero-order valence-corrected chi connectivity index (χ0v) is 12.9. The lowest BCUT2D eigenvalue weighted by Gasteiger charge is -2.32. The lowest BCUT2D eigenvalue weighted by Crippen LogP contribution is -2.40. The molecule has 1 saturated heterocycles. The van der Waals surface area contributed by atoms with Crippen LogP contribution in [-0.4, -0.2) is 34.1 Å². The molecule has 4 rings (SSSR count). The van der Waals surface area contributed by atoms with E-state index in [0.29, 0.717) is 6.04 Å². The molecule has 0 amide bonds. The van der Waals surface area contributed by atoms with Gasteiger partial charge in [-0.05, 0) is 37.1 Å². The van der Waals surface area contributed by atoms with Gasteiger partial charge in [0.15, 0.2) is 0 Å². The van der Waals surface area contributed by atoms with Gasteiger partial charge in [0.2, 0.25) is 0 Å². The summed E-state index contributed by atoms with van der Waals surface area (Å²) in [6.45, 7) is 1.90. The van der Waals surface area contributed by atoms with Crippen LogP contribution in [0.3, 0.4) is 0 Å². The van der Waals surface area contributed by atoms with Crippen molar-refractivity contribution in [3.63, 3.8) is 0 Å². The van der Waals surface area contributed by atoms with Gasteiger partial charge in [-0.2, -0.15) is 0 Å². The smallest absolute Gasteiger partial charge is 0.137 e. The van der Waals surface area contributed by atoms with E-state index < -0.39 is 0 Å². The molecule has 23 heavy (non-hydrogen) atoms. The van der Waals surface area contributed by atoms with E-state index in [4.69, 9.17) is 10.7 Å². The minimum atomic E-state index is 0.308. The average molecular weight is 305 g/mol. The minimum Gasteiger partial charge on any atom is -0.356 e. The molecule has 0 aliphatic carbocycles. The van der Waals surface area contributed by atoms with E-state index in [-0.39, 0.29) is 0 Å². The van der Waals surface area contributed by atoms with E-state index in [1.54, 1.807) is 12.4 Å². The number of hydrogen-bond donors (Lipinski definition) is 1. The van der Waals surface area contributed by atoms with Crippen molar-refractivity contribution >= 4 is 16.6 Å². The highest BCUT2D eigenvalue weighted by atomic mass is 15.2. The molecular formula is C18H19N5. The third-order valence-electron chi connectivity index (χ3n) is 4.43. The van der Waals surface area contributed by atoms with Crippen LogP contribution in [0.15, 0.2) is 49.1 Å². The van der Waals surface area contributed by atoms with Crippen LogP contribution >= 0.6 is 0 Å². The minimum absolute atomic E-state index is 0.308. The highest BCUT2D eigenvalue weighted by Gasteiger charge is 2.20. The number of nitrogens with zero attached hydrogens (tertiary/aromatic N) is 4. The monoisotopic (exact) mass is 305 g/mol. The van der Waals surface area contributed by atoms with Crippen LogP contribution in [0.2, 0.25) is 0 Å². The molecule has 5 nitrogen and oxygen atoms in total. The first kappa shape index (κ1) is 14.1. The van der Waals surface area contributed by atoms with Crippen molar-refractivity contribution in [1.29, 1.82) is 0 Å². The maximum atomic E-state index is 6.04. The molecule has 1 fully saturated rings. The summed E-state index contributed by atoms with van der Waals surface area (Å²) < 4.78 is 0. The van der Waals surface area contributed by atoms with E-state index in [9.17, 15) is 0 Å². The molecule has 0 aromatic carbocycles. The van der Waals surface area contributed by atoms with E-state index in [1.807, 2.05) is 30.6 Å². The Morgan fingerprint density at radius 2 is 1.74 bits per heavy atom. The van der Waals surface area contributed by atoms with Gasteiger partial charge in [0.1, 0.15) is 5.82 Å². The molecule has 0 radical (unpaired) electrons. The summed E-state index contributed by atoms with van der Waals surface area (Å²) in [7, 11) is 0. The van der Waals surface area contributed by atoms with Crippen LogP contribution in [0.25, 0.3) is 22.0 Å². The number of piperidine rings is 1. The van der Waals surface area contributed by atoms with Crippen molar-refractivity contribution in [2.75, 3.05) is 18.0 Å². The Bertz CT molecular complexity index is 810. The van der Waals surface area contributed by atoms with Gasteiger partial charge in [0, 0.05) is 60.3 Å². The maximum absolute atomic E-state index is 6.04. The summed E-state index contributed by atoms with van der Waals surface area (Å²) in [4.78, 5) is 15.6. The van der Waals surface area contributed by atoms with Gasteiger partial charge in [-0.25, -0.2) is 4.98 Å². The van der Waals surface area contributed by atoms with E-state index in [0.717, 1.165) is 53.8 Å². The molecule has 0 spiro atoms. The number of hydrogen-bond acceptors (Lipinski definition) is 5. The van der Waals surface area contributed by atoms with Gasteiger partial charge in [-0.1, -0.05) is 0 Å². The standard InChI is InChI=1S/C18H19N5/c19-15-4-9-23(10-5-15)18-16-3-8-21-12-14(16)11-17(22-18)13-1-6-20-7-2-13/h1-3,6-8,11-12,15H,4-5,9-10,19H2. The van der Waals surface area contributed by atoms with Crippen LogP contribution in [-0.2, 0) is 0 Å². The number of anilines is 1. The molecule has 4 heterocycles.